The van der Waals surface area contributed by atoms with Crippen LogP contribution in [0.3, 0.4) is 0 Å². The van der Waals surface area contributed by atoms with Crippen LogP contribution in [-0.2, 0) is 14.4 Å². The van der Waals surface area contributed by atoms with Gasteiger partial charge in [-0.2, -0.15) is 0 Å². The quantitative estimate of drug-likeness (QED) is 0.642. The number of aliphatic carboxylic acids is 2. The van der Waals surface area contributed by atoms with Crippen molar-refractivity contribution in [1.29, 1.82) is 0 Å². The highest BCUT2D eigenvalue weighted by atomic mass is 16.4. The molecule has 5 heteroatoms. The van der Waals surface area contributed by atoms with Crippen molar-refractivity contribution in [2.45, 2.75) is 40.0 Å². The number of hydrogen-bond acceptors (Lipinski definition) is 5. The fraction of sp³-hybridized carbons (Fsp3) is 0.667. The van der Waals surface area contributed by atoms with Gasteiger partial charge in [-0.15, -0.1) is 0 Å². The molecule has 0 saturated heterocycles. The van der Waals surface area contributed by atoms with E-state index in [-0.39, 0.29) is 17.1 Å². The van der Waals surface area contributed by atoms with E-state index in [1.807, 2.05) is 20.8 Å². The van der Waals surface area contributed by atoms with Crippen LogP contribution in [0.4, 0.5) is 0 Å². The van der Waals surface area contributed by atoms with Crippen LogP contribution in [0.25, 0.3) is 0 Å². The predicted molar refractivity (Wildman–Crippen MR) is 65.8 cm³/mol. The zero-order chi connectivity index (χ0) is 15.3. The van der Waals surface area contributed by atoms with Gasteiger partial charge in [-0.1, -0.05) is 26.8 Å². The van der Waals surface area contributed by atoms with E-state index in [0.717, 1.165) is 12.8 Å². The minimum absolute atomic E-state index is 0.0106. The molecule has 0 spiro atoms. The van der Waals surface area contributed by atoms with Crippen LogP contribution in [-0.4, -0.2) is 17.7 Å². The Morgan fingerprint density at radius 3 is 2.35 bits per heavy atom. The first-order valence-corrected chi connectivity index (χ1v) is 6.78. The number of carbonyl (C=O) groups excluding carboxylic acids is 3. The first-order chi connectivity index (χ1) is 9.11. The molecule has 2 aliphatic carbocycles. The van der Waals surface area contributed by atoms with Crippen LogP contribution in [0.15, 0.2) is 11.6 Å². The van der Waals surface area contributed by atoms with Crippen molar-refractivity contribution < 1.29 is 24.6 Å². The summed E-state index contributed by atoms with van der Waals surface area (Å²) in [5.74, 6) is -4.32. The first-order valence-electron chi connectivity index (χ1n) is 6.78. The Morgan fingerprint density at radius 2 is 1.95 bits per heavy atom. The van der Waals surface area contributed by atoms with E-state index in [1.165, 1.54) is 6.08 Å². The SMILES string of the molecule is CC1(C)[C@@H]2CC[C@]1(C)C(=O)/C2=C/[C@@H](CC(=O)[O-])C(=O)[O-]. The van der Waals surface area contributed by atoms with E-state index in [0.29, 0.717) is 5.57 Å². The van der Waals surface area contributed by atoms with Crippen molar-refractivity contribution in [3.05, 3.63) is 11.6 Å². The second-order valence-electron chi connectivity index (χ2n) is 6.60. The Bertz CT molecular complexity index is 516. The number of Topliss-reactive ketones (excluding diaryl/α,β-unsaturated/α-hetero) is 1. The van der Waals surface area contributed by atoms with Gasteiger partial charge in [0.1, 0.15) is 0 Å². The van der Waals surface area contributed by atoms with E-state index in [4.69, 9.17) is 0 Å². The topological polar surface area (TPSA) is 97.3 Å². The zero-order valence-corrected chi connectivity index (χ0v) is 11.9. The summed E-state index contributed by atoms with van der Waals surface area (Å²) in [6, 6.07) is 0. The second kappa shape index (κ2) is 4.43. The maximum Gasteiger partial charge on any atom is 0.165 e. The van der Waals surface area contributed by atoms with Gasteiger partial charge < -0.3 is 19.8 Å². The number of carboxylic acid groups (broad SMARTS) is 2. The van der Waals surface area contributed by atoms with Crippen LogP contribution in [0.5, 0.6) is 0 Å². The maximum atomic E-state index is 12.5. The molecule has 5 nitrogen and oxygen atoms in total. The third kappa shape index (κ3) is 1.87. The summed E-state index contributed by atoms with van der Waals surface area (Å²) in [5.41, 5.74) is -0.255. The van der Waals surface area contributed by atoms with Crippen LogP contribution in [0.1, 0.15) is 40.0 Å². The summed E-state index contributed by atoms with van der Waals surface area (Å²) < 4.78 is 0. The molecule has 0 aromatic rings. The number of carboxylic acids is 2. The number of allylic oxidation sites excluding steroid dienone is 1. The third-order valence-corrected chi connectivity index (χ3v) is 5.44. The highest BCUT2D eigenvalue weighted by Gasteiger charge is 2.63. The molecule has 0 radical (unpaired) electrons. The molecule has 0 unspecified atom stereocenters. The number of ketones is 1. The predicted octanol–water partition coefficient (Wildman–Crippen LogP) is -0.556. The van der Waals surface area contributed by atoms with Crippen molar-refractivity contribution >= 4 is 17.7 Å². The molecule has 2 bridgehead atoms. The maximum absolute atomic E-state index is 12.5. The van der Waals surface area contributed by atoms with Crippen LogP contribution in [0.2, 0.25) is 0 Å². The molecule has 0 N–H and O–H groups in total. The van der Waals surface area contributed by atoms with E-state index >= 15 is 0 Å². The molecular formula is C15H18O5-2. The summed E-state index contributed by atoms with van der Waals surface area (Å²) in [6.07, 6.45) is 2.23. The van der Waals surface area contributed by atoms with E-state index in [1.54, 1.807) is 0 Å². The lowest BCUT2D eigenvalue weighted by Crippen LogP contribution is -2.36. The molecule has 0 heterocycles. The molecule has 0 amide bonds. The average molecular weight is 278 g/mol. The summed E-state index contributed by atoms with van der Waals surface area (Å²) in [5, 5.41) is 21.6. The van der Waals surface area contributed by atoms with Gasteiger partial charge in [0.05, 0.1) is 0 Å². The molecule has 110 valence electrons. The van der Waals surface area contributed by atoms with Crippen molar-refractivity contribution in [3.8, 4) is 0 Å². The second-order valence-corrected chi connectivity index (χ2v) is 6.60. The molecule has 2 saturated carbocycles. The van der Waals surface area contributed by atoms with Gasteiger partial charge >= 0.3 is 0 Å². The van der Waals surface area contributed by atoms with Gasteiger partial charge in [0, 0.05) is 23.3 Å². The van der Waals surface area contributed by atoms with Gasteiger partial charge in [0.15, 0.2) is 5.78 Å². The monoisotopic (exact) mass is 278 g/mol. The molecule has 20 heavy (non-hydrogen) atoms. The van der Waals surface area contributed by atoms with Crippen molar-refractivity contribution in [3.63, 3.8) is 0 Å². The number of fused-ring (bicyclic) bond motifs is 2. The van der Waals surface area contributed by atoms with Crippen LogP contribution >= 0.6 is 0 Å². The minimum Gasteiger partial charge on any atom is -0.550 e. The molecule has 2 rings (SSSR count). The summed E-state index contributed by atoms with van der Waals surface area (Å²) in [6.45, 7) is 5.93. The Morgan fingerprint density at radius 1 is 1.35 bits per heavy atom. The lowest BCUT2D eigenvalue weighted by Gasteiger charge is -2.31. The molecule has 0 aromatic carbocycles. The molecule has 0 aliphatic heterocycles. The van der Waals surface area contributed by atoms with E-state index < -0.39 is 29.7 Å². The zero-order valence-electron chi connectivity index (χ0n) is 11.9. The highest BCUT2D eigenvalue weighted by Crippen LogP contribution is 2.65. The van der Waals surface area contributed by atoms with E-state index in [9.17, 15) is 24.6 Å². The fourth-order valence-corrected chi connectivity index (χ4v) is 3.73. The largest absolute Gasteiger partial charge is 0.550 e. The first kappa shape index (κ1) is 14.8. The van der Waals surface area contributed by atoms with E-state index in [2.05, 4.69) is 0 Å². The Hall–Kier alpha value is -1.65. The molecular weight excluding hydrogens is 260 g/mol. The lowest BCUT2D eigenvalue weighted by molar-refractivity contribution is -0.318. The Labute approximate surface area is 117 Å². The summed E-state index contributed by atoms with van der Waals surface area (Å²) in [7, 11) is 0. The fourth-order valence-electron chi connectivity index (χ4n) is 3.73. The summed E-state index contributed by atoms with van der Waals surface area (Å²) >= 11 is 0. The minimum atomic E-state index is -1.49. The molecule has 0 aromatic heterocycles. The molecule has 3 atom stereocenters. The van der Waals surface area contributed by atoms with Crippen LogP contribution < -0.4 is 10.2 Å². The van der Waals surface area contributed by atoms with Gasteiger partial charge in [0.25, 0.3) is 0 Å². The van der Waals surface area contributed by atoms with Gasteiger partial charge in [-0.05, 0) is 36.2 Å². The summed E-state index contributed by atoms with van der Waals surface area (Å²) in [4.78, 5) is 34.1. The number of carbonyl (C=O) groups is 3. The van der Waals surface area contributed by atoms with Gasteiger partial charge in [-0.3, -0.25) is 4.79 Å². The standard InChI is InChI=1S/C15H20O5/c1-14(2)10-4-5-15(14,3)12(18)9(10)6-8(13(19)20)7-11(16)17/h6,8,10H,4-5,7H2,1-3H3,(H,16,17)(H,19,20)/p-2/b9-6+/t8-,10+,15+/m0/s1. The average Bonchev–Trinajstić information content (AvgIpc) is 2.62. The van der Waals surface area contributed by atoms with Crippen molar-refractivity contribution in [2.75, 3.05) is 0 Å². The molecule has 2 fully saturated rings. The van der Waals surface area contributed by atoms with Crippen molar-refractivity contribution in [1.82, 2.24) is 0 Å². The smallest absolute Gasteiger partial charge is 0.165 e. The number of rotatable bonds is 4. The lowest BCUT2D eigenvalue weighted by atomic mass is 9.70. The van der Waals surface area contributed by atoms with Gasteiger partial charge in [-0.25, -0.2) is 0 Å². The molecule has 2 aliphatic rings. The highest BCUT2D eigenvalue weighted by molar-refractivity contribution is 6.05. The Balaban J connectivity index is 2.38. The normalized spacial score (nSPS) is 34.5. The van der Waals surface area contributed by atoms with Crippen LogP contribution in [0, 0.1) is 22.7 Å². The van der Waals surface area contributed by atoms with Gasteiger partial charge in [0.2, 0.25) is 0 Å². The van der Waals surface area contributed by atoms with Crippen molar-refractivity contribution in [2.24, 2.45) is 22.7 Å². The number of hydrogen-bond donors (Lipinski definition) is 0. The Kier molecular flexibility index (Phi) is 3.27. The third-order valence-electron chi connectivity index (χ3n) is 5.44.